The summed E-state index contributed by atoms with van der Waals surface area (Å²) in [6, 6.07) is 10.8. The van der Waals surface area contributed by atoms with Gasteiger partial charge in [0.05, 0.1) is 6.04 Å². The first-order valence-corrected chi connectivity index (χ1v) is 9.29. The Balaban J connectivity index is 0.00000208. The highest BCUT2D eigenvalue weighted by Crippen LogP contribution is 2.40. The predicted molar refractivity (Wildman–Crippen MR) is 102 cm³/mol. The van der Waals surface area contributed by atoms with E-state index in [1.54, 1.807) is 0 Å². The van der Waals surface area contributed by atoms with E-state index < -0.39 is 0 Å². The van der Waals surface area contributed by atoms with E-state index in [0.717, 1.165) is 19.6 Å². The molecular weight excluding hydrogens is 320 g/mol. The van der Waals surface area contributed by atoms with Gasteiger partial charge in [0.1, 0.15) is 0 Å². The van der Waals surface area contributed by atoms with Crippen LogP contribution in [0.3, 0.4) is 0 Å². The van der Waals surface area contributed by atoms with Crippen LogP contribution in [0, 0.1) is 0 Å². The molecule has 0 radical (unpaired) electrons. The Kier molecular flexibility index (Phi) is 7.12. The number of rotatable bonds is 5. The van der Waals surface area contributed by atoms with Crippen molar-refractivity contribution >= 4 is 18.3 Å². The van der Waals surface area contributed by atoms with E-state index in [-0.39, 0.29) is 29.8 Å². The Bertz CT molecular complexity index is 508. The molecule has 1 aromatic carbocycles. The molecule has 1 unspecified atom stereocenters. The fraction of sp³-hybridized carbons (Fsp3) is 0.650. The van der Waals surface area contributed by atoms with E-state index in [0.29, 0.717) is 0 Å². The molecule has 3 rings (SSSR count). The van der Waals surface area contributed by atoms with Crippen LogP contribution in [0.25, 0.3) is 0 Å². The van der Waals surface area contributed by atoms with Gasteiger partial charge in [0.25, 0.3) is 0 Å². The first-order chi connectivity index (χ1) is 11.2. The summed E-state index contributed by atoms with van der Waals surface area (Å²) in [5.41, 5.74) is 1.54. The van der Waals surface area contributed by atoms with Crippen molar-refractivity contribution in [3.8, 4) is 0 Å². The monoisotopic (exact) mass is 350 g/mol. The smallest absolute Gasteiger partial charge is 0.237 e. The lowest BCUT2D eigenvalue weighted by Gasteiger charge is -2.34. The molecule has 1 saturated carbocycles. The van der Waals surface area contributed by atoms with Gasteiger partial charge in [-0.3, -0.25) is 9.69 Å². The Morgan fingerprint density at radius 1 is 1.08 bits per heavy atom. The van der Waals surface area contributed by atoms with Crippen LogP contribution in [-0.4, -0.2) is 36.5 Å². The molecule has 3 nitrogen and oxygen atoms in total. The molecular formula is C20H31ClN2O. The number of likely N-dealkylation sites (tertiary alicyclic amines) is 1. The maximum absolute atomic E-state index is 12.6. The molecule has 1 aromatic rings. The lowest BCUT2D eigenvalue weighted by atomic mass is 9.79. The van der Waals surface area contributed by atoms with Crippen LogP contribution in [-0.2, 0) is 10.2 Å². The molecule has 1 saturated heterocycles. The summed E-state index contributed by atoms with van der Waals surface area (Å²) in [7, 11) is 0. The highest BCUT2D eigenvalue weighted by atomic mass is 35.5. The average Bonchev–Trinajstić information content (AvgIpc) is 3.11. The molecule has 2 fully saturated rings. The van der Waals surface area contributed by atoms with E-state index in [4.69, 9.17) is 0 Å². The van der Waals surface area contributed by atoms with Gasteiger partial charge < -0.3 is 5.32 Å². The van der Waals surface area contributed by atoms with Crippen molar-refractivity contribution in [2.45, 2.75) is 63.3 Å². The van der Waals surface area contributed by atoms with Crippen molar-refractivity contribution in [2.24, 2.45) is 0 Å². The van der Waals surface area contributed by atoms with Crippen LogP contribution in [0.2, 0.25) is 0 Å². The number of hydrogen-bond donors (Lipinski definition) is 1. The van der Waals surface area contributed by atoms with Gasteiger partial charge in [-0.05, 0) is 51.3 Å². The number of hydrogen-bond acceptors (Lipinski definition) is 2. The fourth-order valence-electron chi connectivity index (χ4n) is 4.29. The first-order valence-electron chi connectivity index (χ1n) is 9.29. The predicted octanol–water partition coefficient (Wildman–Crippen LogP) is 3.91. The van der Waals surface area contributed by atoms with E-state index in [1.165, 1.54) is 50.5 Å². The van der Waals surface area contributed by atoms with Crippen LogP contribution in [0.4, 0.5) is 0 Å². The molecule has 2 aliphatic rings. The normalized spacial score (nSPS) is 21.7. The number of benzene rings is 1. The molecule has 1 N–H and O–H groups in total. The number of carbonyl (C=O) groups excluding carboxylic acids is 1. The fourth-order valence-corrected chi connectivity index (χ4v) is 4.29. The molecule has 0 spiro atoms. The summed E-state index contributed by atoms with van der Waals surface area (Å²) >= 11 is 0. The van der Waals surface area contributed by atoms with Gasteiger partial charge in [-0.15, -0.1) is 12.4 Å². The van der Waals surface area contributed by atoms with E-state index in [9.17, 15) is 4.79 Å². The van der Waals surface area contributed by atoms with Gasteiger partial charge >= 0.3 is 0 Å². The van der Waals surface area contributed by atoms with Crippen molar-refractivity contribution in [2.75, 3.05) is 19.6 Å². The largest absolute Gasteiger partial charge is 0.354 e. The zero-order valence-corrected chi connectivity index (χ0v) is 15.6. The molecule has 1 amide bonds. The molecule has 1 aliphatic heterocycles. The third-order valence-electron chi connectivity index (χ3n) is 5.87. The lowest BCUT2D eigenvalue weighted by molar-refractivity contribution is -0.126. The van der Waals surface area contributed by atoms with Gasteiger partial charge in [0.2, 0.25) is 5.91 Å². The number of amides is 1. The van der Waals surface area contributed by atoms with Gasteiger partial charge in [-0.25, -0.2) is 0 Å². The summed E-state index contributed by atoms with van der Waals surface area (Å²) in [5.74, 6) is 0.203. The van der Waals surface area contributed by atoms with Gasteiger partial charge in [-0.1, -0.05) is 49.6 Å². The Labute approximate surface area is 152 Å². The van der Waals surface area contributed by atoms with Gasteiger partial charge in [0, 0.05) is 12.0 Å². The first kappa shape index (κ1) is 19.3. The SMILES string of the molecule is CC(C(=O)NCC1(c2ccccc2)CCCC1)N1CCCCC1.Cl. The zero-order chi connectivity index (χ0) is 16.1. The van der Waals surface area contributed by atoms with Crippen molar-refractivity contribution < 1.29 is 4.79 Å². The van der Waals surface area contributed by atoms with Gasteiger partial charge in [0.15, 0.2) is 0 Å². The van der Waals surface area contributed by atoms with Crippen molar-refractivity contribution in [1.29, 1.82) is 0 Å². The minimum atomic E-state index is 0. The number of carbonyl (C=O) groups is 1. The Morgan fingerprint density at radius 2 is 1.71 bits per heavy atom. The van der Waals surface area contributed by atoms with Crippen molar-refractivity contribution in [3.63, 3.8) is 0 Å². The van der Waals surface area contributed by atoms with E-state index in [2.05, 4.69) is 47.5 Å². The molecule has 134 valence electrons. The third kappa shape index (κ3) is 4.31. The summed E-state index contributed by atoms with van der Waals surface area (Å²) in [6.07, 6.45) is 8.68. The van der Waals surface area contributed by atoms with Crippen LogP contribution < -0.4 is 5.32 Å². The van der Waals surface area contributed by atoms with E-state index >= 15 is 0 Å². The van der Waals surface area contributed by atoms with Crippen molar-refractivity contribution in [1.82, 2.24) is 10.2 Å². The number of piperidine rings is 1. The standard InChI is InChI=1S/C20H30N2O.ClH/c1-17(22-14-8-3-9-15-22)19(23)21-16-20(12-6-7-13-20)18-10-4-2-5-11-18;/h2,4-5,10-11,17H,3,6-9,12-16H2,1H3,(H,21,23);1H. The molecule has 1 aliphatic carbocycles. The zero-order valence-electron chi connectivity index (χ0n) is 14.8. The number of nitrogens with zero attached hydrogens (tertiary/aromatic N) is 1. The number of nitrogens with one attached hydrogen (secondary N) is 1. The summed E-state index contributed by atoms with van der Waals surface area (Å²) < 4.78 is 0. The quantitative estimate of drug-likeness (QED) is 0.873. The average molecular weight is 351 g/mol. The second-order valence-corrected chi connectivity index (χ2v) is 7.34. The maximum atomic E-state index is 12.6. The molecule has 0 bridgehead atoms. The molecule has 0 aromatic heterocycles. The van der Waals surface area contributed by atoms with Crippen LogP contribution >= 0.6 is 12.4 Å². The highest BCUT2D eigenvalue weighted by Gasteiger charge is 2.36. The van der Waals surface area contributed by atoms with E-state index in [1.807, 2.05) is 0 Å². The summed E-state index contributed by atoms with van der Waals surface area (Å²) in [4.78, 5) is 15.0. The van der Waals surface area contributed by atoms with Crippen LogP contribution in [0.1, 0.15) is 57.4 Å². The van der Waals surface area contributed by atoms with Crippen LogP contribution in [0.15, 0.2) is 30.3 Å². The molecule has 1 atom stereocenters. The second kappa shape index (κ2) is 8.87. The Hall–Kier alpha value is -1.06. The minimum Gasteiger partial charge on any atom is -0.354 e. The third-order valence-corrected chi connectivity index (χ3v) is 5.87. The second-order valence-electron chi connectivity index (χ2n) is 7.34. The topological polar surface area (TPSA) is 32.3 Å². The number of halogens is 1. The van der Waals surface area contributed by atoms with Gasteiger partial charge in [-0.2, -0.15) is 0 Å². The van der Waals surface area contributed by atoms with Crippen molar-refractivity contribution in [3.05, 3.63) is 35.9 Å². The lowest BCUT2D eigenvalue weighted by Crippen LogP contribution is -2.49. The minimum absolute atomic E-state index is 0. The summed E-state index contributed by atoms with van der Waals surface area (Å²) in [5, 5.41) is 3.28. The molecule has 4 heteroatoms. The van der Waals surface area contributed by atoms with Crippen LogP contribution in [0.5, 0.6) is 0 Å². The molecule has 1 heterocycles. The maximum Gasteiger partial charge on any atom is 0.237 e. The Morgan fingerprint density at radius 3 is 2.33 bits per heavy atom. The molecule has 24 heavy (non-hydrogen) atoms. The summed E-state index contributed by atoms with van der Waals surface area (Å²) in [6.45, 7) is 4.98. The highest BCUT2D eigenvalue weighted by molar-refractivity contribution is 5.85.